The first-order valence-corrected chi connectivity index (χ1v) is 15.2. The van der Waals surface area contributed by atoms with Gasteiger partial charge in [-0.25, -0.2) is 9.37 Å². The fourth-order valence-corrected chi connectivity index (χ4v) is 5.66. The van der Waals surface area contributed by atoms with E-state index in [-0.39, 0.29) is 11.2 Å². The molecule has 4 aromatic rings. The first kappa shape index (κ1) is 30.4. The van der Waals surface area contributed by atoms with Crippen LogP contribution in [0.25, 0.3) is 11.3 Å². The zero-order chi connectivity index (χ0) is 29.7. The molecule has 2 aromatic heterocycles. The molecular formula is C36H47FN4. The van der Waals surface area contributed by atoms with Crippen LogP contribution in [0.5, 0.6) is 0 Å². The fraction of sp³-hybridized carbons (Fsp3) is 0.417. The third-order valence-corrected chi connectivity index (χ3v) is 8.09. The Balaban J connectivity index is 0.00000189. The largest absolute Gasteiger partial charge is 0.380 e. The lowest BCUT2D eigenvalue weighted by Gasteiger charge is -2.34. The van der Waals surface area contributed by atoms with Gasteiger partial charge in [0.1, 0.15) is 11.5 Å². The van der Waals surface area contributed by atoms with E-state index in [1.165, 1.54) is 11.3 Å². The van der Waals surface area contributed by atoms with Gasteiger partial charge < -0.3 is 10.2 Å². The summed E-state index contributed by atoms with van der Waals surface area (Å²) in [5.41, 5.74) is 9.32. The molecule has 5 rings (SSSR count). The molecule has 41 heavy (non-hydrogen) atoms. The van der Waals surface area contributed by atoms with Crippen LogP contribution in [0.1, 0.15) is 93.9 Å². The highest BCUT2D eigenvalue weighted by Gasteiger charge is 2.23. The van der Waals surface area contributed by atoms with Crippen molar-refractivity contribution in [2.75, 3.05) is 18.0 Å². The summed E-state index contributed by atoms with van der Waals surface area (Å²) < 4.78 is 17.3. The van der Waals surface area contributed by atoms with Gasteiger partial charge in [0.25, 0.3) is 0 Å². The minimum atomic E-state index is -0.155. The van der Waals surface area contributed by atoms with Crippen molar-refractivity contribution in [2.24, 2.45) is 0 Å². The molecule has 0 saturated carbocycles. The molecule has 5 heteroatoms. The van der Waals surface area contributed by atoms with E-state index in [2.05, 4.69) is 98.4 Å². The molecule has 0 spiro atoms. The maximum Gasteiger partial charge on any atom is 0.137 e. The molecular weight excluding hydrogens is 507 g/mol. The Morgan fingerprint density at radius 2 is 1.71 bits per heavy atom. The van der Waals surface area contributed by atoms with Crippen molar-refractivity contribution in [2.45, 2.75) is 85.6 Å². The molecule has 1 saturated heterocycles. The number of piperidine rings is 1. The van der Waals surface area contributed by atoms with Crippen LogP contribution in [-0.2, 0) is 18.4 Å². The number of fused-ring (bicyclic) bond motifs is 1. The van der Waals surface area contributed by atoms with Crippen LogP contribution < -0.4 is 10.2 Å². The van der Waals surface area contributed by atoms with E-state index >= 15 is 4.39 Å². The molecule has 0 atom stereocenters. The molecule has 1 aliphatic rings. The van der Waals surface area contributed by atoms with Crippen LogP contribution >= 0.6 is 0 Å². The van der Waals surface area contributed by atoms with Crippen molar-refractivity contribution in [3.63, 3.8) is 0 Å². The maximum absolute atomic E-state index is 15.2. The lowest BCUT2D eigenvalue weighted by Crippen LogP contribution is -2.33. The predicted octanol–water partition coefficient (Wildman–Crippen LogP) is 8.81. The predicted molar refractivity (Wildman–Crippen MR) is 172 cm³/mol. The van der Waals surface area contributed by atoms with Crippen LogP contribution in [0.15, 0.2) is 67.4 Å². The van der Waals surface area contributed by atoms with E-state index in [0.717, 1.165) is 66.2 Å². The van der Waals surface area contributed by atoms with Crippen molar-refractivity contribution in [1.29, 1.82) is 0 Å². The summed E-state index contributed by atoms with van der Waals surface area (Å²) in [4.78, 5) is 7.21. The molecule has 0 radical (unpaired) electrons. The van der Waals surface area contributed by atoms with E-state index in [1.807, 2.05) is 26.0 Å². The Bertz CT molecular complexity index is 1470. The normalized spacial score (nSPS) is 14.1. The highest BCUT2D eigenvalue weighted by Crippen LogP contribution is 2.32. The Labute approximate surface area is 246 Å². The number of halogens is 1. The number of nitrogens with zero attached hydrogens (tertiary/aromatic N) is 3. The van der Waals surface area contributed by atoms with Crippen LogP contribution in [0.2, 0.25) is 0 Å². The van der Waals surface area contributed by atoms with Crippen molar-refractivity contribution < 1.29 is 4.39 Å². The summed E-state index contributed by atoms with van der Waals surface area (Å²) in [5.74, 6) is 0.229. The Kier molecular flexibility index (Phi) is 9.57. The van der Waals surface area contributed by atoms with Gasteiger partial charge >= 0.3 is 0 Å². The Morgan fingerprint density at radius 1 is 1.02 bits per heavy atom. The van der Waals surface area contributed by atoms with Gasteiger partial charge in [-0.1, -0.05) is 78.5 Å². The second-order valence-electron chi connectivity index (χ2n) is 11.9. The molecule has 4 nitrogen and oxygen atoms in total. The molecule has 1 aliphatic heterocycles. The van der Waals surface area contributed by atoms with E-state index in [9.17, 15) is 0 Å². The molecule has 2 aromatic carbocycles. The third-order valence-electron chi connectivity index (χ3n) is 8.09. The molecule has 0 aliphatic carbocycles. The van der Waals surface area contributed by atoms with E-state index in [0.29, 0.717) is 18.0 Å². The van der Waals surface area contributed by atoms with E-state index in [4.69, 9.17) is 4.98 Å². The van der Waals surface area contributed by atoms with Gasteiger partial charge in [0.05, 0.1) is 17.1 Å². The lowest BCUT2D eigenvalue weighted by molar-refractivity contribution is 0.501. The van der Waals surface area contributed by atoms with Gasteiger partial charge in [-0.2, -0.15) is 0 Å². The Hall–Kier alpha value is -3.60. The van der Waals surface area contributed by atoms with Crippen LogP contribution in [0.3, 0.4) is 0 Å². The van der Waals surface area contributed by atoms with Crippen LogP contribution in [0, 0.1) is 12.7 Å². The molecule has 218 valence electrons. The topological polar surface area (TPSA) is 32.6 Å². The number of benzene rings is 2. The lowest BCUT2D eigenvalue weighted by atomic mass is 9.86. The van der Waals surface area contributed by atoms with Crippen molar-refractivity contribution in [3.8, 4) is 0 Å². The zero-order valence-corrected chi connectivity index (χ0v) is 26.0. The van der Waals surface area contributed by atoms with Gasteiger partial charge in [0.2, 0.25) is 0 Å². The van der Waals surface area contributed by atoms with Gasteiger partial charge in [-0.15, -0.1) is 0 Å². The Morgan fingerprint density at radius 3 is 2.32 bits per heavy atom. The average Bonchev–Trinajstić information content (AvgIpc) is 3.35. The number of hydrogen-bond acceptors (Lipinski definition) is 3. The molecule has 0 amide bonds. The van der Waals surface area contributed by atoms with E-state index in [1.54, 1.807) is 6.07 Å². The molecule has 3 heterocycles. The minimum Gasteiger partial charge on any atom is -0.380 e. The van der Waals surface area contributed by atoms with Gasteiger partial charge in [-0.3, -0.25) is 4.40 Å². The average molecular weight is 555 g/mol. The second-order valence-corrected chi connectivity index (χ2v) is 11.9. The summed E-state index contributed by atoms with van der Waals surface area (Å²) >= 11 is 0. The molecule has 1 fully saturated rings. The summed E-state index contributed by atoms with van der Waals surface area (Å²) in [6.45, 7) is 21.5. The second kappa shape index (κ2) is 12.9. The minimum absolute atomic E-state index is 0.155. The van der Waals surface area contributed by atoms with Crippen LogP contribution in [0.4, 0.5) is 10.1 Å². The maximum atomic E-state index is 15.2. The summed E-state index contributed by atoms with van der Waals surface area (Å²) in [7, 11) is 0. The number of aryl methyl sites for hydroxylation is 2. The first-order valence-electron chi connectivity index (χ1n) is 15.2. The SMILES string of the molecule is C=C(NCc1ccc(C2CCN(c3ccc(C(C)(C)C)cc3)CC2)cc1F)c1c(CC)nc2ccc(C)cn12.CC. The number of aromatic nitrogens is 2. The van der Waals surface area contributed by atoms with E-state index < -0.39 is 0 Å². The number of anilines is 1. The highest BCUT2D eigenvalue weighted by atomic mass is 19.1. The number of pyridine rings is 1. The molecule has 0 bridgehead atoms. The number of imidazole rings is 1. The summed E-state index contributed by atoms with van der Waals surface area (Å²) in [5, 5.41) is 3.36. The highest BCUT2D eigenvalue weighted by molar-refractivity contribution is 5.65. The summed E-state index contributed by atoms with van der Waals surface area (Å²) in [6.07, 6.45) is 4.94. The summed E-state index contributed by atoms with van der Waals surface area (Å²) in [6, 6.07) is 18.9. The zero-order valence-electron chi connectivity index (χ0n) is 26.0. The third kappa shape index (κ3) is 6.83. The molecule has 1 N–H and O–H groups in total. The molecule has 0 unspecified atom stereocenters. The van der Waals surface area contributed by atoms with Crippen LogP contribution in [-0.4, -0.2) is 22.5 Å². The first-order chi connectivity index (χ1) is 19.6. The van der Waals surface area contributed by atoms with Gasteiger partial charge in [-0.05, 0) is 78.5 Å². The monoisotopic (exact) mass is 554 g/mol. The fourth-order valence-electron chi connectivity index (χ4n) is 5.66. The van der Waals surface area contributed by atoms with Gasteiger partial charge in [0, 0.05) is 37.1 Å². The number of hydrogen-bond donors (Lipinski definition) is 1. The number of rotatable bonds is 7. The quantitative estimate of drug-likeness (QED) is 0.248. The van der Waals surface area contributed by atoms with Gasteiger partial charge in [0.15, 0.2) is 0 Å². The van der Waals surface area contributed by atoms with Crippen molar-refractivity contribution >= 4 is 17.0 Å². The van der Waals surface area contributed by atoms with Crippen molar-refractivity contribution in [1.82, 2.24) is 14.7 Å². The number of nitrogens with one attached hydrogen (secondary N) is 1. The smallest absolute Gasteiger partial charge is 0.137 e. The van der Waals surface area contributed by atoms with Crippen molar-refractivity contribution in [3.05, 3.63) is 107 Å². The standard InChI is InChI=1S/C34H41FN4.C2H6/c1-7-31-33(39-22-23(2)8-15-32(39)37-31)24(3)36-21-27-10-9-26(20-30(27)35)25-16-18-38(19-17-25)29-13-11-28(12-14-29)34(4,5)6;1-2/h8-15,20,22,25,36H,3,7,16-19,21H2,1-2,4-6H3;1-2H3.